The molecule has 0 saturated carbocycles. The fourth-order valence-corrected chi connectivity index (χ4v) is 6.15. The minimum atomic E-state index is -1.57. The van der Waals surface area contributed by atoms with E-state index in [-0.39, 0.29) is 42.9 Å². The first kappa shape index (κ1) is 29.4. The second kappa shape index (κ2) is 12.0. The average Bonchev–Trinajstić information content (AvgIpc) is 3.56. The molecule has 0 saturated heterocycles. The Hall–Kier alpha value is -4.12. The van der Waals surface area contributed by atoms with E-state index < -0.39 is 34.9 Å². The third kappa shape index (κ3) is 6.20. The maximum absolute atomic E-state index is 13.9. The molecule has 2 aliphatic rings. The number of halogens is 2. The molecule has 11 heteroatoms. The Balaban J connectivity index is 1.26. The van der Waals surface area contributed by atoms with Crippen LogP contribution in [0.4, 0.5) is 14.5 Å². The number of anilines is 1. The van der Waals surface area contributed by atoms with E-state index in [1.165, 1.54) is 25.2 Å². The standard InChI is InChI=1S/C31H32F2N4O4S/c1-31(2,29(40)35-16-18-11-21(32)14-22(33)12-18)30(41)36-25-9-8-19-5-3-6-20-13-23(37(27(19)20)28(25)39)17-34-26(38)15-24-7-4-10-42-24/h3-7,10-12,14,23,25H,8-9,13,15-17H2,1-2H3,(H,34,38)(H,35,40)(H,36,41). The van der Waals surface area contributed by atoms with Crippen LogP contribution in [0.3, 0.4) is 0 Å². The summed E-state index contributed by atoms with van der Waals surface area (Å²) in [6, 6.07) is 11.4. The molecule has 0 radical (unpaired) electrons. The van der Waals surface area contributed by atoms with Crippen molar-refractivity contribution in [1.82, 2.24) is 16.0 Å². The van der Waals surface area contributed by atoms with Crippen LogP contribution in [-0.2, 0) is 45.0 Å². The van der Waals surface area contributed by atoms with Crippen molar-refractivity contribution in [3.05, 3.63) is 87.1 Å². The first-order valence-electron chi connectivity index (χ1n) is 13.8. The van der Waals surface area contributed by atoms with Gasteiger partial charge in [0, 0.05) is 24.0 Å². The van der Waals surface area contributed by atoms with Gasteiger partial charge in [-0.25, -0.2) is 8.78 Å². The largest absolute Gasteiger partial charge is 0.354 e. The molecule has 5 rings (SSSR count). The van der Waals surface area contributed by atoms with Crippen LogP contribution < -0.4 is 20.9 Å². The van der Waals surface area contributed by atoms with Gasteiger partial charge in [-0.15, -0.1) is 11.3 Å². The SMILES string of the molecule is CC(C)(C(=O)NCc1cc(F)cc(F)c1)C(=O)NC1CCc2cccc3c2N(C1=O)C(CNC(=O)Cc1cccs1)C3. The van der Waals surface area contributed by atoms with Crippen LogP contribution in [0.25, 0.3) is 0 Å². The second-order valence-corrected chi connectivity index (χ2v) is 12.2. The number of aryl methyl sites for hydroxylation is 1. The van der Waals surface area contributed by atoms with Crippen LogP contribution in [0.1, 0.15) is 41.8 Å². The highest BCUT2D eigenvalue weighted by Crippen LogP contribution is 2.39. The van der Waals surface area contributed by atoms with Gasteiger partial charge in [0.25, 0.3) is 0 Å². The van der Waals surface area contributed by atoms with E-state index in [2.05, 4.69) is 16.0 Å². The van der Waals surface area contributed by atoms with Crippen molar-refractivity contribution in [2.75, 3.05) is 11.4 Å². The lowest BCUT2D eigenvalue weighted by Crippen LogP contribution is -2.56. The molecule has 2 atom stereocenters. The molecule has 0 bridgehead atoms. The number of carbonyl (C=O) groups excluding carboxylic acids is 4. The third-order valence-electron chi connectivity index (χ3n) is 7.77. The maximum Gasteiger partial charge on any atom is 0.249 e. The lowest BCUT2D eigenvalue weighted by atomic mass is 9.90. The van der Waals surface area contributed by atoms with Crippen molar-refractivity contribution < 1.29 is 28.0 Å². The normalized spacial score (nSPS) is 17.8. The van der Waals surface area contributed by atoms with E-state index >= 15 is 0 Å². The fraction of sp³-hybridized carbons (Fsp3) is 0.355. The third-order valence-corrected chi connectivity index (χ3v) is 8.64. The summed E-state index contributed by atoms with van der Waals surface area (Å²) in [4.78, 5) is 55.5. The van der Waals surface area contributed by atoms with E-state index in [1.807, 2.05) is 35.7 Å². The lowest BCUT2D eigenvalue weighted by molar-refractivity contribution is -0.143. The van der Waals surface area contributed by atoms with Gasteiger partial charge in [-0.1, -0.05) is 24.3 Å². The monoisotopic (exact) mass is 594 g/mol. The first-order valence-corrected chi connectivity index (χ1v) is 14.7. The van der Waals surface area contributed by atoms with E-state index in [4.69, 9.17) is 0 Å². The molecule has 2 aromatic carbocycles. The molecule has 4 amide bonds. The van der Waals surface area contributed by atoms with Crippen molar-refractivity contribution in [1.29, 1.82) is 0 Å². The number of para-hydroxylation sites is 1. The Morgan fingerprint density at radius 2 is 1.74 bits per heavy atom. The number of benzene rings is 2. The van der Waals surface area contributed by atoms with Crippen LogP contribution in [0.2, 0.25) is 0 Å². The summed E-state index contributed by atoms with van der Waals surface area (Å²) in [7, 11) is 0. The van der Waals surface area contributed by atoms with Gasteiger partial charge in [0.2, 0.25) is 23.6 Å². The van der Waals surface area contributed by atoms with Gasteiger partial charge in [0.15, 0.2) is 0 Å². The molecule has 2 unspecified atom stereocenters. The molecule has 3 heterocycles. The molecule has 0 aliphatic carbocycles. The van der Waals surface area contributed by atoms with E-state index in [0.717, 1.165) is 39.9 Å². The molecule has 8 nitrogen and oxygen atoms in total. The molecular weight excluding hydrogens is 562 g/mol. The minimum Gasteiger partial charge on any atom is -0.354 e. The topological polar surface area (TPSA) is 108 Å². The number of amides is 4. The Labute approximate surface area is 246 Å². The predicted molar refractivity (Wildman–Crippen MR) is 155 cm³/mol. The highest BCUT2D eigenvalue weighted by Gasteiger charge is 2.43. The average molecular weight is 595 g/mol. The van der Waals surface area contributed by atoms with Gasteiger partial charge < -0.3 is 20.9 Å². The maximum atomic E-state index is 13.9. The van der Waals surface area contributed by atoms with Crippen LogP contribution in [0, 0.1) is 17.0 Å². The highest BCUT2D eigenvalue weighted by molar-refractivity contribution is 7.10. The molecule has 3 N–H and O–H groups in total. The number of carbonyl (C=O) groups is 4. The predicted octanol–water partition coefficient (Wildman–Crippen LogP) is 3.42. The second-order valence-electron chi connectivity index (χ2n) is 11.2. The summed E-state index contributed by atoms with van der Waals surface area (Å²) < 4.78 is 27.1. The van der Waals surface area contributed by atoms with Gasteiger partial charge >= 0.3 is 0 Å². The summed E-state index contributed by atoms with van der Waals surface area (Å²) in [5.41, 5.74) is 1.47. The Morgan fingerprint density at radius 1 is 1.00 bits per heavy atom. The molecule has 220 valence electrons. The van der Waals surface area contributed by atoms with Crippen LogP contribution in [-0.4, -0.2) is 42.3 Å². The number of hydrogen-bond donors (Lipinski definition) is 3. The number of thiophene rings is 1. The summed E-state index contributed by atoms with van der Waals surface area (Å²) >= 11 is 1.51. The molecule has 1 aromatic heterocycles. The zero-order valence-corrected chi connectivity index (χ0v) is 24.2. The quantitative estimate of drug-likeness (QED) is 0.330. The van der Waals surface area contributed by atoms with Crippen molar-refractivity contribution in [2.24, 2.45) is 5.41 Å². The summed E-state index contributed by atoms with van der Waals surface area (Å²) in [5, 5.41) is 10.2. The smallest absolute Gasteiger partial charge is 0.249 e. The zero-order valence-electron chi connectivity index (χ0n) is 23.3. The molecule has 0 spiro atoms. The van der Waals surface area contributed by atoms with E-state index in [1.54, 1.807) is 4.90 Å². The van der Waals surface area contributed by atoms with Gasteiger partial charge in [-0.3, -0.25) is 19.2 Å². The summed E-state index contributed by atoms with van der Waals surface area (Å²) in [5.74, 6) is -3.26. The van der Waals surface area contributed by atoms with Crippen molar-refractivity contribution in [3.63, 3.8) is 0 Å². The van der Waals surface area contributed by atoms with Crippen LogP contribution in [0.15, 0.2) is 53.9 Å². The number of rotatable bonds is 9. The van der Waals surface area contributed by atoms with Gasteiger partial charge in [0.05, 0.1) is 18.2 Å². The molecular formula is C31H32F2N4O4S. The number of nitrogens with zero attached hydrogens (tertiary/aromatic N) is 1. The van der Waals surface area contributed by atoms with Crippen molar-refractivity contribution >= 4 is 40.7 Å². The van der Waals surface area contributed by atoms with Gasteiger partial charge in [0.1, 0.15) is 23.1 Å². The zero-order chi connectivity index (χ0) is 30.0. The van der Waals surface area contributed by atoms with Crippen LogP contribution >= 0.6 is 11.3 Å². The number of hydrogen-bond acceptors (Lipinski definition) is 5. The summed E-state index contributed by atoms with van der Waals surface area (Å²) in [6.45, 7) is 2.96. The van der Waals surface area contributed by atoms with Crippen LogP contribution in [0.5, 0.6) is 0 Å². The molecule has 42 heavy (non-hydrogen) atoms. The van der Waals surface area contributed by atoms with Crippen molar-refractivity contribution in [2.45, 2.75) is 58.2 Å². The minimum absolute atomic E-state index is 0.130. The van der Waals surface area contributed by atoms with E-state index in [9.17, 15) is 28.0 Å². The Morgan fingerprint density at radius 3 is 2.45 bits per heavy atom. The van der Waals surface area contributed by atoms with Gasteiger partial charge in [-0.05, 0) is 73.4 Å². The highest BCUT2D eigenvalue weighted by atomic mass is 32.1. The van der Waals surface area contributed by atoms with E-state index in [0.29, 0.717) is 19.3 Å². The van der Waals surface area contributed by atoms with Gasteiger partial charge in [-0.2, -0.15) is 0 Å². The Bertz CT molecular complexity index is 1500. The molecule has 0 fully saturated rings. The first-order chi connectivity index (χ1) is 20.0. The van der Waals surface area contributed by atoms with Crippen molar-refractivity contribution in [3.8, 4) is 0 Å². The number of nitrogens with one attached hydrogen (secondary N) is 3. The Kier molecular flexibility index (Phi) is 8.40. The fourth-order valence-electron chi connectivity index (χ4n) is 5.45. The molecule has 2 aliphatic heterocycles. The lowest BCUT2D eigenvalue weighted by Gasteiger charge is -2.30. The summed E-state index contributed by atoms with van der Waals surface area (Å²) in [6.07, 6.45) is 1.73. The molecule has 3 aromatic rings.